The lowest BCUT2D eigenvalue weighted by atomic mass is 10.1. The summed E-state index contributed by atoms with van der Waals surface area (Å²) in [5, 5.41) is 42.2. The van der Waals surface area contributed by atoms with Gasteiger partial charge >= 0.3 is 23.9 Å². The highest BCUT2D eigenvalue weighted by molar-refractivity contribution is 5.92. The van der Waals surface area contributed by atoms with Gasteiger partial charge in [-0.2, -0.15) is 0 Å². The van der Waals surface area contributed by atoms with E-state index in [9.17, 15) is 77.3 Å². The first-order chi connectivity index (χ1) is 51.8. The number of Topliss-reactive ketones (excluding diaryl/α,β-unsaturated/α-hetero) is 7. The van der Waals surface area contributed by atoms with Crippen LogP contribution in [0.2, 0.25) is 0 Å². The first kappa shape index (κ1) is 122. The fraction of sp³-hybridized carbons (Fsp3) is 0.806. The van der Waals surface area contributed by atoms with Crippen molar-refractivity contribution in [1.82, 2.24) is 16.0 Å². The summed E-state index contributed by atoms with van der Waals surface area (Å²) in [6, 6.07) is -4.36. The van der Waals surface area contributed by atoms with E-state index in [1.165, 1.54) is 53.9 Å². The Bertz CT molecular complexity index is 2130. The Balaban J connectivity index is -0.000000167. The number of hydrogen-bond acceptors (Lipinski definition) is 31. The van der Waals surface area contributed by atoms with Crippen LogP contribution in [0.3, 0.4) is 0 Å². The summed E-state index contributed by atoms with van der Waals surface area (Å²) in [7, 11) is 0. The van der Waals surface area contributed by atoms with Gasteiger partial charge in [-0.15, -0.1) is 0 Å². The third-order valence-electron chi connectivity index (χ3n) is 12.7. The molecule has 0 aliphatic carbocycles. The standard InChI is InChI=1S/C22H36N4O12.C9H19NO.2C8H17NO2.2C7H15NO3.C6H13NO2.C4H9NO2.CH4/c1-13(27)2-3-15(21(33)34)25-17(28)6-4-14(24-18(29)12-38-11-10-37-9-8-23)20(32)26-16(22(35)36)5-7-19(30)31;1-9(11)7-5-3-2-4-6-8-10;1-8(10)4-2-3-6-11-7-5-9;1-8(10)7-11-6-4-2-3-5-9;1-7(9)6-11-5-4-10-3-2-8;1-7(9)5-10-3-2-4-11-6-8;7-5-3-1-2-4-6(8)9;1-4(6)2-7-3-5;/h14-16H,2-12,23H2,1H3,(H,24,29)(H,25,28)(H,26,32)(H,30,31)(H,33,34)(H,35,36);2-8,10H2,1H3;2*2-7,9H2,1H3;2*2-6,8H2,1H3;1-5,7H2,(H,8,9);2-3,5H2,1H3;1H4. The zero-order valence-corrected chi connectivity index (χ0v) is 66.3. The second kappa shape index (κ2) is 98.4. The van der Waals surface area contributed by atoms with Crippen molar-refractivity contribution in [3.8, 4) is 0 Å². The van der Waals surface area contributed by atoms with E-state index in [-0.39, 0.29) is 121 Å². The summed E-state index contributed by atoms with van der Waals surface area (Å²) in [5.41, 5.74) is 41.5. The number of aliphatic carboxylic acids is 4. The van der Waals surface area contributed by atoms with Crippen molar-refractivity contribution in [2.45, 2.75) is 222 Å². The smallest absolute Gasteiger partial charge is 0.326 e. The Hall–Kier alpha value is -6.70. The molecule has 3 unspecified atom stereocenters. The molecule has 23 N–H and O–H groups in total. The van der Waals surface area contributed by atoms with Crippen LogP contribution in [0.5, 0.6) is 0 Å². The number of nitrogens with two attached hydrogens (primary N) is 8. The number of carbonyl (C=O) groups is 14. The lowest BCUT2D eigenvalue weighted by molar-refractivity contribution is -0.144. The van der Waals surface area contributed by atoms with Crippen LogP contribution in [0.1, 0.15) is 204 Å². The summed E-state index contributed by atoms with van der Waals surface area (Å²) >= 11 is 0. The number of carboxylic acids is 4. The van der Waals surface area contributed by atoms with Gasteiger partial charge in [0, 0.05) is 78.0 Å². The largest absolute Gasteiger partial charge is 0.481 e. The molecule has 0 radical (unpaired) electrons. The van der Waals surface area contributed by atoms with Gasteiger partial charge in [0.1, 0.15) is 68.5 Å². The van der Waals surface area contributed by atoms with Gasteiger partial charge in [0.05, 0.1) is 66.3 Å². The third kappa shape index (κ3) is 125. The van der Waals surface area contributed by atoms with Gasteiger partial charge in [-0.05, 0) is 152 Å². The molecule has 38 heteroatoms. The van der Waals surface area contributed by atoms with Gasteiger partial charge in [-0.1, -0.05) is 33.1 Å². The number of amides is 3. The van der Waals surface area contributed by atoms with Crippen molar-refractivity contribution < 1.29 is 130 Å². The van der Waals surface area contributed by atoms with Gasteiger partial charge in [0.2, 0.25) is 17.7 Å². The molecule has 0 aromatic heterocycles. The number of carboxylic acid groups (broad SMARTS) is 4. The molecule has 0 heterocycles. The Morgan fingerprint density at radius 2 is 0.573 bits per heavy atom. The average Bonchev–Trinajstić information content (AvgIpc) is 0.885. The van der Waals surface area contributed by atoms with Crippen LogP contribution in [0, 0.1) is 0 Å². The minimum absolute atomic E-state index is 0. The molecule has 650 valence electrons. The van der Waals surface area contributed by atoms with Crippen molar-refractivity contribution in [2.75, 3.05) is 158 Å². The maximum Gasteiger partial charge on any atom is 0.326 e. The fourth-order valence-corrected chi connectivity index (χ4v) is 7.35. The summed E-state index contributed by atoms with van der Waals surface area (Å²) in [5.74, 6) is -6.96. The Kier molecular flexibility index (Phi) is 109. The first-order valence-electron chi connectivity index (χ1n) is 36.8. The van der Waals surface area contributed by atoms with Crippen molar-refractivity contribution >= 4 is 82.1 Å². The number of hydrogen-bond donors (Lipinski definition) is 15. The monoisotopic (exact) mass is 1600 g/mol. The third-order valence-corrected chi connectivity index (χ3v) is 12.7. The van der Waals surface area contributed by atoms with E-state index in [2.05, 4.69) is 20.7 Å². The van der Waals surface area contributed by atoms with E-state index in [4.69, 9.17) is 94.0 Å². The predicted molar refractivity (Wildman–Crippen MR) is 414 cm³/mol. The van der Waals surface area contributed by atoms with Gasteiger partial charge in [-0.3, -0.25) is 43.2 Å². The number of carbonyl (C=O) groups excluding carboxylic acids is 10. The van der Waals surface area contributed by atoms with E-state index < -0.39 is 85.6 Å². The SMILES string of the molecule is C.CC(=O)CCC(NC(=O)CCC(NC(=O)COCCOCCN)C(=O)NC(CCC(=O)O)C(=O)O)C(=O)O.CC(=O)CCCCCCCN.CC(=O)CCCCOCCN.CC(=O)COCCCCCN.CC(=O)COCCCOCN.CC(=O)COCCOCCN.CC(=O)COCN.NCCCCCC(=O)O. The second-order valence-corrected chi connectivity index (χ2v) is 23.9. The summed E-state index contributed by atoms with van der Waals surface area (Å²) in [6.45, 7) is 19.9. The quantitative estimate of drug-likeness (QED) is 0.0300. The lowest BCUT2D eigenvalue weighted by Crippen LogP contribution is -2.52. The first-order valence-corrected chi connectivity index (χ1v) is 36.8. The minimum atomic E-state index is -1.58. The molecular weight excluding hydrogens is 1450 g/mol. The Morgan fingerprint density at radius 3 is 0.982 bits per heavy atom. The molecule has 0 rings (SSSR count). The molecule has 0 bridgehead atoms. The van der Waals surface area contributed by atoms with Crippen molar-refractivity contribution in [3.05, 3.63) is 0 Å². The van der Waals surface area contributed by atoms with Crippen LogP contribution < -0.4 is 61.8 Å². The van der Waals surface area contributed by atoms with Crippen LogP contribution in [0.25, 0.3) is 0 Å². The number of ether oxygens (including phenoxy) is 9. The van der Waals surface area contributed by atoms with E-state index in [1.807, 2.05) is 0 Å². The maximum atomic E-state index is 12.7. The Morgan fingerprint density at radius 1 is 0.264 bits per heavy atom. The van der Waals surface area contributed by atoms with Crippen molar-refractivity contribution in [2.24, 2.45) is 45.9 Å². The highest BCUT2D eigenvalue weighted by atomic mass is 16.5. The van der Waals surface area contributed by atoms with E-state index in [1.54, 1.807) is 13.8 Å². The molecule has 0 aliphatic heterocycles. The molecule has 3 amide bonds. The molecule has 0 aliphatic rings. The number of nitrogens with one attached hydrogen (secondary N) is 3. The number of ketones is 7. The van der Waals surface area contributed by atoms with E-state index in [0.717, 1.165) is 96.7 Å². The molecule has 0 saturated heterocycles. The molecule has 110 heavy (non-hydrogen) atoms. The zero-order valence-electron chi connectivity index (χ0n) is 66.3. The van der Waals surface area contributed by atoms with Gasteiger partial charge in [0.25, 0.3) is 0 Å². The van der Waals surface area contributed by atoms with Gasteiger partial charge in [0.15, 0.2) is 23.1 Å². The van der Waals surface area contributed by atoms with Crippen LogP contribution in [-0.2, 0) is 110 Å². The molecule has 0 spiro atoms. The molecular formula is C72H145N11O27. The molecule has 0 saturated carbocycles. The lowest BCUT2D eigenvalue weighted by Gasteiger charge is -2.21. The van der Waals surface area contributed by atoms with Crippen molar-refractivity contribution in [3.63, 3.8) is 0 Å². The summed E-state index contributed by atoms with van der Waals surface area (Å²) in [4.78, 5) is 154. The van der Waals surface area contributed by atoms with Crippen LogP contribution in [-0.4, -0.2) is 279 Å². The van der Waals surface area contributed by atoms with Gasteiger partial charge in [-0.25, -0.2) is 9.59 Å². The van der Waals surface area contributed by atoms with Crippen LogP contribution in [0.4, 0.5) is 0 Å². The van der Waals surface area contributed by atoms with Gasteiger partial charge < -0.3 is 139 Å². The van der Waals surface area contributed by atoms with Crippen LogP contribution in [0.15, 0.2) is 0 Å². The fourth-order valence-electron chi connectivity index (χ4n) is 7.35. The number of rotatable bonds is 65. The predicted octanol–water partition coefficient (Wildman–Crippen LogP) is 1.15. The van der Waals surface area contributed by atoms with Crippen LogP contribution >= 0.6 is 0 Å². The highest BCUT2D eigenvalue weighted by Crippen LogP contribution is 2.07. The maximum absolute atomic E-state index is 12.7. The Labute approximate surface area is 652 Å². The molecule has 0 aromatic carbocycles. The zero-order chi connectivity index (χ0) is 84.5. The summed E-state index contributed by atoms with van der Waals surface area (Å²) in [6.07, 6.45) is 13.9. The second-order valence-electron chi connectivity index (χ2n) is 23.9. The summed E-state index contributed by atoms with van der Waals surface area (Å²) < 4.78 is 44.7. The van der Waals surface area contributed by atoms with Crippen molar-refractivity contribution in [1.29, 1.82) is 0 Å². The highest BCUT2D eigenvalue weighted by Gasteiger charge is 2.29. The molecule has 3 atom stereocenters. The topological polar surface area (TPSA) is 647 Å². The van der Waals surface area contributed by atoms with E-state index >= 15 is 0 Å². The normalized spacial score (nSPS) is 10.8. The average molecular weight is 1600 g/mol. The minimum Gasteiger partial charge on any atom is -0.481 e. The molecule has 38 nitrogen and oxygen atoms in total. The van der Waals surface area contributed by atoms with E-state index in [0.29, 0.717) is 91.2 Å². The molecule has 0 fully saturated rings. The molecule has 0 aromatic rings. The number of unbranched alkanes of at least 4 members (excludes halogenated alkanes) is 9.